The van der Waals surface area contributed by atoms with Gasteiger partial charge in [-0.1, -0.05) is 38.1 Å². The fourth-order valence-corrected chi connectivity index (χ4v) is 2.69. The van der Waals surface area contributed by atoms with Crippen molar-refractivity contribution in [2.24, 2.45) is 5.73 Å². The number of amides is 2. The summed E-state index contributed by atoms with van der Waals surface area (Å²) in [4.78, 5) is 28.7. The minimum absolute atomic E-state index is 0.173. The van der Waals surface area contributed by atoms with Gasteiger partial charge in [-0.3, -0.25) is 14.6 Å². The first-order chi connectivity index (χ1) is 14.2. The van der Waals surface area contributed by atoms with Crippen LogP contribution in [0.2, 0.25) is 0 Å². The highest BCUT2D eigenvalue weighted by Gasteiger charge is 2.20. The monoisotopic (exact) mass is 407 g/mol. The lowest BCUT2D eigenvalue weighted by Crippen LogP contribution is -2.15. The number of nitrogens with zero attached hydrogens (tertiary/aromatic N) is 2. The molecule has 4 N–H and O–H groups in total. The Morgan fingerprint density at radius 2 is 1.77 bits per heavy atom. The molecule has 0 radical (unpaired) electrons. The van der Waals surface area contributed by atoms with Crippen LogP contribution in [0.25, 0.3) is 0 Å². The van der Waals surface area contributed by atoms with E-state index in [9.17, 15) is 9.59 Å². The maximum absolute atomic E-state index is 12.3. The molecule has 0 aliphatic carbocycles. The second-order valence-corrected chi connectivity index (χ2v) is 7.96. The second kappa shape index (κ2) is 8.87. The molecule has 2 aromatic heterocycles. The van der Waals surface area contributed by atoms with Gasteiger partial charge >= 0.3 is 0 Å². The third-order valence-electron chi connectivity index (χ3n) is 4.39. The number of pyridine rings is 1. The summed E-state index contributed by atoms with van der Waals surface area (Å²) in [7, 11) is 0. The van der Waals surface area contributed by atoms with Gasteiger partial charge in [0.15, 0.2) is 5.82 Å². The Morgan fingerprint density at radius 3 is 2.40 bits per heavy atom. The summed E-state index contributed by atoms with van der Waals surface area (Å²) in [6.45, 7) is 6.35. The van der Waals surface area contributed by atoms with Crippen molar-refractivity contribution in [2.75, 3.05) is 10.6 Å². The maximum Gasteiger partial charge on any atom is 0.274 e. The zero-order valence-corrected chi connectivity index (χ0v) is 17.2. The normalized spacial score (nSPS) is 11.2. The SMILES string of the molecule is CC(C)(C)c1cc(NC(=O)Cc2ccc(NC(=O)c3cc(CN)ccn3)cc2)no1. The molecule has 2 amide bonds. The molecule has 8 heteroatoms. The fourth-order valence-electron chi connectivity index (χ4n) is 2.69. The first kappa shape index (κ1) is 21.2. The van der Waals surface area contributed by atoms with Crippen LogP contribution in [-0.2, 0) is 23.2 Å². The minimum Gasteiger partial charge on any atom is -0.359 e. The van der Waals surface area contributed by atoms with E-state index in [0.717, 1.165) is 11.1 Å². The van der Waals surface area contributed by atoms with Crippen molar-refractivity contribution in [2.45, 2.75) is 39.2 Å². The van der Waals surface area contributed by atoms with Gasteiger partial charge in [0, 0.05) is 29.9 Å². The number of nitrogens with two attached hydrogens (primary N) is 1. The molecule has 0 saturated heterocycles. The molecule has 0 aliphatic heterocycles. The Hall–Kier alpha value is -3.52. The lowest BCUT2D eigenvalue weighted by molar-refractivity contribution is -0.115. The summed E-state index contributed by atoms with van der Waals surface area (Å²) in [5.41, 5.74) is 7.95. The topological polar surface area (TPSA) is 123 Å². The van der Waals surface area contributed by atoms with E-state index in [-0.39, 0.29) is 23.7 Å². The van der Waals surface area contributed by atoms with Crippen LogP contribution in [0.5, 0.6) is 0 Å². The van der Waals surface area contributed by atoms with Crippen LogP contribution < -0.4 is 16.4 Å². The molecule has 3 rings (SSSR count). The average molecular weight is 407 g/mol. The van der Waals surface area contributed by atoms with Gasteiger partial charge in [-0.15, -0.1) is 0 Å². The first-order valence-electron chi connectivity index (χ1n) is 9.57. The molecule has 30 heavy (non-hydrogen) atoms. The van der Waals surface area contributed by atoms with Gasteiger partial charge in [-0.05, 0) is 35.4 Å². The third kappa shape index (κ3) is 5.51. The highest BCUT2D eigenvalue weighted by Crippen LogP contribution is 2.24. The number of rotatable bonds is 6. The van der Waals surface area contributed by atoms with Crippen molar-refractivity contribution in [3.63, 3.8) is 0 Å². The van der Waals surface area contributed by atoms with Gasteiger partial charge in [0.25, 0.3) is 5.91 Å². The molecule has 0 aliphatic rings. The zero-order valence-electron chi connectivity index (χ0n) is 17.2. The minimum atomic E-state index is -0.323. The molecule has 0 atom stereocenters. The van der Waals surface area contributed by atoms with Crippen LogP contribution in [0.1, 0.15) is 48.1 Å². The van der Waals surface area contributed by atoms with Gasteiger partial charge in [0.05, 0.1) is 6.42 Å². The molecule has 0 spiro atoms. The summed E-state index contributed by atoms with van der Waals surface area (Å²) >= 11 is 0. The number of nitrogens with one attached hydrogen (secondary N) is 2. The van der Waals surface area contributed by atoms with Crippen LogP contribution in [0.3, 0.4) is 0 Å². The predicted octanol–water partition coefficient (Wildman–Crippen LogP) is 3.26. The number of hydrogen-bond donors (Lipinski definition) is 3. The number of carbonyl (C=O) groups is 2. The summed E-state index contributed by atoms with van der Waals surface area (Å²) in [5.74, 6) is 0.560. The summed E-state index contributed by atoms with van der Waals surface area (Å²) < 4.78 is 5.27. The Balaban J connectivity index is 1.56. The van der Waals surface area contributed by atoms with E-state index in [2.05, 4.69) is 20.8 Å². The van der Waals surface area contributed by atoms with Crippen molar-refractivity contribution >= 4 is 23.3 Å². The Labute approximate surface area is 174 Å². The van der Waals surface area contributed by atoms with Crippen LogP contribution in [0.15, 0.2) is 53.2 Å². The molecular weight excluding hydrogens is 382 g/mol. The number of carbonyl (C=O) groups excluding carboxylic acids is 2. The lowest BCUT2D eigenvalue weighted by Gasteiger charge is -2.12. The van der Waals surface area contributed by atoms with Gasteiger partial charge in [0.2, 0.25) is 5.91 Å². The molecule has 3 aromatic rings. The predicted molar refractivity (Wildman–Crippen MR) is 114 cm³/mol. The van der Waals surface area contributed by atoms with Crippen LogP contribution in [-0.4, -0.2) is 22.0 Å². The van der Waals surface area contributed by atoms with E-state index in [1.165, 1.54) is 0 Å². The zero-order chi connectivity index (χ0) is 21.7. The highest BCUT2D eigenvalue weighted by molar-refractivity contribution is 6.03. The fraction of sp³-hybridized carbons (Fsp3) is 0.273. The van der Waals surface area contributed by atoms with Crippen molar-refractivity contribution in [1.82, 2.24) is 10.1 Å². The molecule has 0 saturated carbocycles. The standard InChI is InChI=1S/C22H25N5O3/c1-22(2,3)18-12-19(27-30-18)26-20(28)11-14-4-6-16(7-5-14)25-21(29)17-10-15(13-23)8-9-24-17/h4-10,12H,11,13,23H2,1-3H3,(H,25,29)(H,26,27,28). The van der Waals surface area contributed by atoms with E-state index < -0.39 is 0 Å². The van der Waals surface area contributed by atoms with Crippen LogP contribution in [0, 0.1) is 0 Å². The molecular formula is C22H25N5O3. The Bertz CT molecular complexity index is 1040. The highest BCUT2D eigenvalue weighted by atomic mass is 16.5. The Kier molecular flexibility index (Phi) is 6.27. The second-order valence-electron chi connectivity index (χ2n) is 7.96. The molecule has 2 heterocycles. The molecule has 0 bridgehead atoms. The number of anilines is 2. The van der Waals surface area contributed by atoms with E-state index >= 15 is 0 Å². The maximum atomic E-state index is 12.3. The number of aromatic nitrogens is 2. The van der Waals surface area contributed by atoms with Gasteiger partial charge in [-0.2, -0.15) is 0 Å². The quantitative estimate of drug-likeness (QED) is 0.576. The smallest absolute Gasteiger partial charge is 0.274 e. The molecule has 0 fully saturated rings. The van der Waals surface area contributed by atoms with E-state index in [0.29, 0.717) is 29.5 Å². The third-order valence-corrected chi connectivity index (χ3v) is 4.39. The van der Waals surface area contributed by atoms with E-state index in [1.807, 2.05) is 20.8 Å². The van der Waals surface area contributed by atoms with Crippen molar-refractivity contribution in [1.29, 1.82) is 0 Å². The molecule has 8 nitrogen and oxygen atoms in total. The van der Waals surface area contributed by atoms with Gasteiger partial charge < -0.3 is 20.9 Å². The number of hydrogen-bond acceptors (Lipinski definition) is 6. The summed E-state index contributed by atoms with van der Waals surface area (Å²) in [6.07, 6.45) is 1.73. The lowest BCUT2D eigenvalue weighted by atomic mass is 9.93. The first-order valence-corrected chi connectivity index (χ1v) is 9.57. The summed E-state index contributed by atoms with van der Waals surface area (Å²) in [5, 5.41) is 9.40. The van der Waals surface area contributed by atoms with Gasteiger partial charge in [-0.25, -0.2) is 0 Å². The number of benzene rings is 1. The van der Waals surface area contributed by atoms with Crippen LogP contribution in [0.4, 0.5) is 11.5 Å². The van der Waals surface area contributed by atoms with Crippen LogP contribution >= 0.6 is 0 Å². The van der Waals surface area contributed by atoms with Crippen molar-refractivity contribution in [3.8, 4) is 0 Å². The van der Waals surface area contributed by atoms with Crippen molar-refractivity contribution < 1.29 is 14.1 Å². The van der Waals surface area contributed by atoms with E-state index in [4.69, 9.17) is 10.3 Å². The molecule has 1 aromatic carbocycles. The Morgan fingerprint density at radius 1 is 1.03 bits per heavy atom. The molecule has 156 valence electrons. The van der Waals surface area contributed by atoms with Crippen molar-refractivity contribution in [3.05, 3.63) is 71.2 Å². The average Bonchev–Trinajstić information content (AvgIpc) is 3.18. The largest absolute Gasteiger partial charge is 0.359 e. The summed E-state index contributed by atoms with van der Waals surface area (Å²) in [6, 6.07) is 12.2. The van der Waals surface area contributed by atoms with Gasteiger partial charge in [0.1, 0.15) is 11.5 Å². The molecule has 0 unspecified atom stereocenters. The van der Waals surface area contributed by atoms with E-state index in [1.54, 1.807) is 48.7 Å².